The first-order chi connectivity index (χ1) is 19.3. The number of aryl methyl sites for hydroxylation is 1. The van der Waals surface area contributed by atoms with E-state index in [0.29, 0.717) is 38.0 Å². The predicted octanol–water partition coefficient (Wildman–Crippen LogP) is 5.66. The molecule has 1 saturated heterocycles. The largest absolute Gasteiger partial charge is 0.320 e. The van der Waals surface area contributed by atoms with Crippen LogP contribution in [0.5, 0.6) is 0 Å². The molecular weight excluding hydrogens is 510 g/mol. The van der Waals surface area contributed by atoms with E-state index in [1.54, 1.807) is 13.3 Å². The monoisotopic (exact) mass is 546 g/mol. The number of piperidine rings is 1. The van der Waals surface area contributed by atoms with Crippen LogP contribution in [0.4, 0.5) is 14.5 Å². The molecule has 2 aliphatic heterocycles. The van der Waals surface area contributed by atoms with Crippen LogP contribution >= 0.6 is 0 Å². The van der Waals surface area contributed by atoms with Gasteiger partial charge in [-0.05, 0) is 55.4 Å². The van der Waals surface area contributed by atoms with Gasteiger partial charge in [-0.2, -0.15) is 0 Å². The molecular formula is C31H36F2N6O. The molecule has 0 radical (unpaired) electrons. The van der Waals surface area contributed by atoms with Crippen molar-refractivity contribution in [3.05, 3.63) is 70.6 Å². The minimum Gasteiger partial charge on any atom is -0.320 e. The van der Waals surface area contributed by atoms with Gasteiger partial charge in [-0.3, -0.25) is 14.7 Å². The Hall–Kier alpha value is -3.20. The number of nitrogens with zero attached hydrogens (tertiary/aromatic N) is 6. The molecule has 0 bridgehead atoms. The van der Waals surface area contributed by atoms with E-state index in [9.17, 15) is 13.6 Å². The highest BCUT2D eigenvalue weighted by molar-refractivity contribution is 6.10. The molecule has 2 aliphatic carbocycles. The van der Waals surface area contributed by atoms with Gasteiger partial charge in [-0.15, -0.1) is 10.2 Å². The maximum atomic E-state index is 14.1. The number of aromatic nitrogens is 4. The number of likely N-dealkylation sites (tertiary alicyclic amines) is 1. The molecule has 40 heavy (non-hydrogen) atoms. The van der Waals surface area contributed by atoms with Gasteiger partial charge in [0.2, 0.25) is 0 Å². The average molecular weight is 547 g/mol. The summed E-state index contributed by atoms with van der Waals surface area (Å²) in [5, 5.41) is 8.60. The average Bonchev–Trinajstić information content (AvgIpc) is 3.59. The van der Waals surface area contributed by atoms with E-state index < -0.39 is 11.8 Å². The van der Waals surface area contributed by atoms with Crippen molar-refractivity contribution in [3.63, 3.8) is 0 Å². The van der Waals surface area contributed by atoms with Crippen molar-refractivity contribution in [1.82, 2.24) is 24.6 Å². The number of hydrogen-bond acceptors (Lipinski definition) is 5. The van der Waals surface area contributed by atoms with E-state index in [1.165, 1.54) is 24.8 Å². The normalized spacial score (nSPS) is 23.8. The maximum Gasteiger partial charge on any atom is 0.259 e. The lowest BCUT2D eigenvalue weighted by atomic mass is 9.72. The summed E-state index contributed by atoms with van der Waals surface area (Å²) in [4.78, 5) is 22.9. The molecule has 9 heteroatoms. The summed E-state index contributed by atoms with van der Waals surface area (Å²) < 4.78 is 30.1. The number of anilines is 1. The molecule has 1 amide bonds. The standard InChI is InChI=1S/C31H36F2N6O/c1-19-15-38(12-11-31(19,32)33)16-23-14-25-26(28(35-23)21-9-10-21)17-39(30(25)40)24-8-4-7-22(13-24)27(20-5-3-6-20)29-36-34-18-37(29)2/h4,7-8,13-14,18-21,27H,3,5-6,9-12,15-17H2,1-2H3/t19-,27?/m1/s1. The molecule has 7 rings (SSSR count). The quantitative estimate of drug-likeness (QED) is 0.383. The van der Waals surface area contributed by atoms with Crippen LogP contribution in [0.15, 0.2) is 36.7 Å². The molecule has 3 aromatic rings. The third-order valence-corrected chi connectivity index (χ3v) is 9.55. The van der Waals surface area contributed by atoms with Crippen LogP contribution in [0, 0.1) is 11.8 Å². The summed E-state index contributed by atoms with van der Waals surface area (Å²) in [5.74, 6) is -1.28. The number of pyridine rings is 1. The maximum absolute atomic E-state index is 14.1. The molecule has 3 fully saturated rings. The molecule has 4 aliphatic rings. The lowest BCUT2D eigenvalue weighted by Crippen LogP contribution is -2.45. The second kappa shape index (κ2) is 9.72. The second-order valence-electron chi connectivity index (χ2n) is 12.4. The van der Waals surface area contributed by atoms with E-state index in [4.69, 9.17) is 4.98 Å². The Balaban J connectivity index is 1.18. The summed E-state index contributed by atoms with van der Waals surface area (Å²) in [6.45, 7) is 3.31. The summed E-state index contributed by atoms with van der Waals surface area (Å²) >= 11 is 0. The van der Waals surface area contributed by atoms with Crippen molar-refractivity contribution in [2.45, 2.75) is 76.3 Å². The fraction of sp³-hybridized carbons (Fsp3) is 0.548. The number of alkyl halides is 2. The molecule has 2 saturated carbocycles. The van der Waals surface area contributed by atoms with Crippen LogP contribution in [-0.4, -0.2) is 49.6 Å². The molecule has 2 aromatic heterocycles. The fourth-order valence-electron chi connectivity index (χ4n) is 6.77. The number of halogens is 2. The van der Waals surface area contributed by atoms with Gasteiger partial charge in [0.05, 0.1) is 12.2 Å². The van der Waals surface area contributed by atoms with Gasteiger partial charge in [0, 0.05) is 73.4 Å². The molecule has 0 N–H and O–H groups in total. The Morgan fingerprint density at radius 3 is 2.65 bits per heavy atom. The van der Waals surface area contributed by atoms with Gasteiger partial charge < -0.3 is 9.47 Å². The van der Waals surface area contributed by atoms with Crippen LogP contribution in [0.1, 0.15) is 96.0 Å². The van der Waals surface area contributed by atoms with E-state index in [-0.39, 0.29) is 18.2 Å². The first-order valence-electron chi connectivity index (χ1n) is 14.7. The lowest BCUT2D eigenvalue weighted by molar-refractivity contribution is -0.100. The summed E-state index contributed by atoms with van der Waals surface area (Å²) in [5.41, 5.74) is 5.65. The smallest absolute Gasteiger partial charge is 0.259 e. The Bertz CT molecular complexity index is 1450. The van der Waals surface area contributed by atoms with Crippen LogP contribution in [0.2, 0.25) is 0 Å². The highest BCUT2D eigenvalue weighted by Crippen LogP contribution is 2.46. The molecule has 7 nitrogen and oxygen atoms in total. The van der Waals surface area contributed by atoms with E-state index in [0.717, 1.165) is 46.9 Å². The van der Waals surface area contributed by atoms with Gasteiger partial charge in [0.15, 0.2) is 0 Å². The van der Waals surface area contributed by atoms with Crippen molar-refractivity contribution in [2.24, 2.45) is 18.9 Å². The van der Waals surface area contributed by atoms with Crippen LogP contribution in [0.25, 0.3) is 0 Å². The summed E-state index contributed by atoms with van der Waals surface area (Å²) in [6.07, 6.45) is 7.36. The topological polar surface area (TPSA) is 67.2 Å². The summed E-state index contributed by atoms with van der Waals surface area (Å²) in [7, 11) is 1.99. The van der Waals surface area contributed by atoms with E-state index >= 15 is 0 Å². The van der Waals surface area contributed by atoms with Crippen molar-refractivity contribution in [2.75, 3.05) is 18.0 Å². The van der Waals surface area contributed by atoms with Crippen LogP contribution < -0.4 is 4.90 Å². The Kier molecular flexibility index (Phi) is 6.25. The first-order valence-corrected chi connectivity index (χ1v) is 14.7. The first kappa shape index (κ1) is 25.7. The molecule has 210 valence electrons. The highest BCUT2D eigenvalue weighted by Gasteiger charge is 2.42. The number of hydrogen-bond donors (Lipinski definition) is 0. The van der Waals surface area contributed by atoms with Gasteiger partial charge in [-0.1, -0.05) is 25.5 Å². The SMILES string of the molecule is C[C@@H]1CN(Cc2cc3c(c(C4CC4)n2)CN(c2cccc(C(c4nncn4C)C4CCC4)c2)C3=O)CCC1(F)F. The third kappa shape index (κ3) is 4.52. The Morgan fingerprint density at radius 2 is 1.98 bits per heavy atom. The lowest BCUT2D eigenvalue weighted by Gasteiger charge is -2.36. The number of rotatable bonds is 7. The summed E-state index contributed by atoms with van der Waals surface area (Å²) in [6, 6.07) is 10.3. The van der Waals surface area contributed by atoms with E-state index in [1.807, 2.05) is 34.7 Å². The Morgan fingerprint density at radius 1 is 1.15 bits per heavy atom. The van der Waals surface area contributed by atoms with Crippen LogP contribution in [0.3, 0.4) is 0 Å². The minimum absolute atomic E-state index is 0.00454. The van der Waals surface area contributed by atoms with Gasteiger partial charge in [-0.25, -0.2) is 8.78 Å². The second-order valence-corrected chi connectivity index (χ2v) is 12.4. The number of carbonyl (C=O) groups is 1. The predicted molar refractivity (Wildman–Crippen MR) is 147 cm³/mol. The van der Waals surface area contributed by atoms with Gasteiger partial charge in [0.1, 0.15) is 12.2 Å². The van der Waals surface area contributed by atoms with Crippen molar-refractivity contribution < 1.29 is 13.6 Å². The minimum atomic E-state index is -2.61. The zero-order valence-corrected chi connectivity index (χ0v) is 23.2. The number of carbonyl (C=O) groups excluding carboxylic acids is 1. The third-order valence-electron chi connectivity index (χ3n) is 9.55. The van der Waals surface area contributed by atoms with E-state index in [2.05, 4.69) is 27.2 Å². The number of benzene rings is 1. The number of amides is 1. The zero-order chi connectivity index (χ0) is 27.6. The van der Waals surface area contributed by atoms with Crippen LogP contribution in [-0.2, 0) is 20.1 Å². The fourth-order valence-corrected chi connectivity index (χ4v) is 6.77. The molecule has 0 spiro atoms. The molecule has 1 aromatic carbocycles. The molecule has 4 heterocycles. The van der Waals surface area contributed by atoms with Gasteiger partial charge in [0.25, 0.3) is 11.8 Å². The molecule has 1 unspecified atom stereocenters. The van der Waals surface area contributed by atoms with Crippen molar-refractivity contribution >= 4 is 11.6 Å². The zero-order valence-electron chi connectivity index (χ0n) is 23.2. The van der Waals surface area contributed by atoms with Crippen molar-refractivity contribution in [3.8, 4) is 0 Å². The molecule has 2 atom stereocenters. The number of fused-ring (bicyclic) bond motifs is 1. The van der Waals surface area contributed by atoms with Crippen molar-refractivity contribution in [1.29, 1.82) is 0 Å². The van der Waals surface area contributed by atoms with Gasteiger partial charge >= 0.3 is 0 Å². The Labute approximate surface area is 233 Å². The highest BCUT2D eigenvalue weighted by atomic mass is 19.3.